The second kappa shape index (κ2) is 13.6. The predicted molar refractivity (Wildman–Crippen MR) is 127 cm³/mol. The molecule has 0 radical (unpaired) electrons. The van der Waals surface area contributed by atoms with Gasteiger partial charge in [-0.2, -0.15) is 13.2 Å². The van der Waals surface area contributed by atoms with Crippen molar-refractivity contribution < 1.29 is 32.6 Å². The van der Waals surface area contributed by atoms with Crippen LogP contribution in [0.25, 0.3) is 0 Å². The monoisotopic (exact) mass is 513 g/mol. The molecule has 0 aliphatic heterocycles. The Morgan fingerprint density at radius 2 is 1.86 bits per heavy atom. The van der Waals surface area contributed by atoms with Crippen LogP contribution in [0.15, 0.2) is 55.4 Å². The van der Waals surface area contributed by atoms with E-state index in [0.29, 0.717) is 36.0 Å². The first-order valence-electron chi connectivity index (χ1n) is 10.9. The number of anilines is 1. The number of carboxylic acid groups (broad SMARTS) is 1. The molecule has 1 aliphatic rings. The first-order valence-corrected chi connectivity index (χ1v) is 11.3. The summed E-state index contributed by atoms with van der Waals surface area (Å²) in [6.07, 6.45) is 4.59. The van der Waals surface area contributed by atoms with Gasteiger partial charge in [-0.3, -0.25) is 9.78 Å². The standard InChI is InChI=1S/C22H26ClN3O2.C2HF3O2/c1-2-12-26(20-5-3-4-6-20)22(27)17-14-18(23)16-21(15-17)28-13-11-25-19-7-9-24-10-8-19;3-2(4,5)1(6)7/h2,7-10,14-16,20H,1,3-6,11-13H2,(H,24,25);(H,6,7). The molecule has 1 heterocycles. The van der Waals surface area contributed by atoms with Crippen molar-refractivity contribution in [1.82, 2.24) is 9.88 Å². The number of amides is 1. The van der Waals surface area contributed by atoms with Crippen molar-refractivity contribution in [2.75, 3.05) is 25.0 Å². The lowest BCUT2D eigenvalue weighted by atomic mass is 10.1. The topological polar surface area (TPSA) is 91.8 Å². The molecule has 0 unspecified atom stereocenters. The first kappa shape index (κ1) is 28.0. The summed E-state index contributed by atoms with van der Waals surface area (Å²) < 4.78 is 37.5. The van der Waals surface area contributed by atoms with Crippen LogP contribution in [-0.4, -0.2) is 58.8 Å². The minimum atomic E-state index is -5.08. The van der Waals surface area contributed by atoms with Crippen molar-refractivity contribution in [3.63, 3.8) is 0 Å². The molecule has 0 saturated heterocycles. The molecule has 0 atom stereocenters. The third-order valence-corrected chi connectivity index (χ3v) is 5.31. The van der Waals surface area contributed by atoms with Gasteiger partial charge < -0.3 is 20.1 Å². The van der Waals surface area contributed by atoms with Gasteiger partial charge in [0.1, 0.15) is 12.4 Å². The number of carboxylic acids is 1. The molecular formula is C24H27ClF3N3O4. The normalized spacial score (nSPS) is 13.4. The van der Waals surface area contributed by atoms with E-state index >= 15 is 0 Å². The predicted octanol–water partition coefficient (Wildman–Crippen LogP) is 5.43. The van der Waals surface area contributed by atoms with Crippen LogP contribution in [-0.2, 0) is 4.79 Å². The maximum Gasteiger partial charge on any atom is 0.490 e. The SMILES string of the molecule is C=CCN(C(=O)c1cc(Cl)cc(OCCNc2ccncc2)c1)C1CCCC1.O=C(O)C(F)(F)F. The number of nitrogens with one attached hydrogen (secondary N) is 1. The minimum Gasteiger partial charge on any atom is -0.492 e. The lowest BCUT2D eigenvalue weighted by Gasteiger charge is -2.28. The molecule has 3 rings (SSSR count). The zero-order chi connectivity index (χ0) is 25.8. The number of alkyl halides is 3. The summed E-state index contributed by atoms with van der Waals surface area (Å²) in [7, 11) is 0. The van der Waals surface area contributed by atoms with Gasteiger partial charge in [-0.25, -0.2) is 4.79 Å². The van der Waals surface area contributed by atoms with Gasteiger partial charge >= 0.3 is 12.1 Å². The van der Waals surface area contributed by atoms with E-state index in [0.717, 1.165) is 18.5 Å². The highest BCUT2D eigenvalue weighted by Gasteiger charge is 2.38. The average molecular weight is 514 g/mol. The minimum absolute atomic E-state index is 0.0194. The number of aliphatic carboxylic acids is 1. The highest BCUT2D eigenvalue weighted by molar-refractivity contribution is 6.31. The third kappa shape index (κ3) is 9.48. The molecule has 2 N–H and O–H groups in total. The van der Waals surface area contributed by atoms with Crippen LogP contribution in [0.2, 0.25) is 5.02 Å². The number of nitrogens with zero attached hydrogens (tertiary/aromatic N) is 2. The number of carbonyl (C=O) groups is 2. The second-order valence-corrected chi connectivity index (χ2v) is 8.11. The van der Waals surface area contributed by atoms with Gasteiger partial charge in [-0.1, -0.05) is 30.5 Å². The molecular weight excluding hydrogens is 487 g/mol. The fraction of sp³-hybridized carbons (Fsp3) is 0.375. The molecule has 190 valence electrons. The molecule has 1 saturated carbocycles. The summed E-state index contributed by atoms with van der Waals surface area (Å²) in [4.78, 5) is 27.9. The molecule has 1 amide bonds. The quantitative estimate of drug-likeness (QED) is 0.343. The Hall–Kier alpha value is -3.27. The number of ether oxygens (including phenoxy) is 1. The van der Waals surface area contributed by atoms with Gasteiger partial charge in [0.25, 0.3) is 5.91 Å². The van der Waals surface area contributed by atoms with Gasteiger partial charge in [-0.15, -0.1) is 6.58 Å². The molecule has 1 aromatic heterocycles. The summed E-state index contributed by atoms with van der Waals surface area (Å²) >= 11 is 6.25. The first-order chi connectivity index (χ1) is 16.6. The van der Waals surface area contributed by atoms with E-state index in [2.05, 4.69) is 16.9 Å². The summed E-state index contributed by atoms with van der Waals surface area (Å²) in [6.45, 7) is 5.43. The zero-order valence-corrected chi connectivity index (χ0v) is 19.7. The van der Waals surface area contributed by atoms with Crippen LogP contribution in [0.1, 0.15) is 36.0 Å². The Kier molecular flexibility index (Phi) is 10.8. The smallest absolute Gasteiger partial charge is 0.490 e. The van der Waals surface area contributed by atoms with Crippen LogP contribution in [0.3, 0.4) is 0 Å². The van der Waals surface area contributed by atoms with Crippen LogP contribution in [0.5, 0.6) is 5.75 Å². The summed E-state index contributed by atoms with van der Waals surface area (Å²) in [5.74, 6) is -2.18. The van der Waals surface area contributed by atoms with Gasteiger partial charge in [-0.05, 0) is 43.2 Å². The van der Waals surface area contributed by atoms with Crippen LogP contribution in [0, 0.1) is 0 Å². The number of halogens is 4. The van der Waals surface area contributed by atoms with Gasteiger partial charge in [0.15, 0.2) is 0 Å². The lowest BCUT2D eigenvalue weighted by Crippen LogP contribution is -2.38. The van der Waals surface area contributed by atoms with Gasteiger partial charge in [0.05, 0.1) is 0 Å². The Morgan fingerprint density at radius 3 is 2.43 bits per heavy atom. The Balaban J connectivity index is 0.000000540. The van der Waals surface area contributed by atoms with Crippen LogP contribution in [0.4, 0.5) is 18.9 Å². The Labute approximate surface area is 206 Å². The third-order valence-electron chi connectivity index (χ3n) is 5.09. The van der Waals surface area contributed by atoms with Crippen molar-refractivity contribution in [3.05, 3.63) is 66.0 Å². The Bertz CT molecular complexity index is 984. The fourth-order valence-corrected chi connectivity index (χ4v) is 3.75. The molecule has 2 aromatic rings. The van der Waals surface area contributed by atoms with E-state index in [9.17, 15) is 18.0 Å². The maximum atomic E-state index is 13.1. The lowest BCUT2D eigenvalue weighted by molar-refractivity contribution is -0.192. The van der Waals surface area contributed by atoms with E-state index in [-0.39, 0.29) is 11.9 Å². The Morgan fingerprint density at radius 1 is 1.23 bits per heavy atom. The van der Waals surface area contributed by atoms with E-state index in [1.165, 1.54) is 12.8 Å². The summed E-state index contributed by atoms with van der Waals surface area (Å²) in [5, 5.41) is 10.9. The van der Waals surface area contributed by atoms with Crippen LogP contribution < -0.4 is 10.1 Å². The largest absolute Gasteiger partial charge is 0.492 e. The number of hydrogen-bond donors (Lipinski definition) is 2. The van der Waals surface area contributed by atoms with Crippen molar-refractivity contribution >= 4 is 29.2 Å². The maximum absolute atomic E-state index is 13.1. The van der Waals surface area contributed by atoms with E-state index < -0.39 is 12.1 Å². The fourth-order valence-electron chi connectivity index (χ4n) is 3.52. The van der Waals surface area contributed by atoms with E-state index in [1.54, 1.807) is 36.7 Å². The summed E-state index contributed by atoms with van der Waals surface area (Å²) in [5.41, 5.74) is 1.54. The van der Waals surface area contributed by atoms with E-state index in [4.69, 9.17) is 26.2 Å². The number of rotatable bonds is 9. The zero-order valence-electron chi connectivity index (χ0n) is 18.9. The molecule has 7 nitrogen and oxygen atoms in total. The number of aromatic nitrogens is 1. The number of carbonyl (C=O) groups excluding carboxylic acids is 1. The van der Waals surface area contributed by atoms with Crippen molar-refractivity contribution in [3.8, 4) is 5.75 Å². The van der Waals surface area contributed by atoms with Crippen molar-refractivity contribution in [1.29, 1.82) is 0 Å². The van der Waals surface area contributed by atoms with Gasteiger partial charge in [0, 0.05) is 47.8 Å². The number of benzene rings is 1. The highest BCUT2D eigenvalue weighted by Crippen LogP contribution is 2.27. The van der Waals surface area contributed by atoms with Crippen molar-refractivity contribution in [2.24, 2.45) is 0 Å². The molecule has 11 heteroatoms. The molecule has 1 aromatic carbocycles. The van der Waals surface area contributed by atoms with E-state index in [1.807, 2.05) is 17.0 Å². The number of pyridine rings is 1. The van der Waals surface area contributed by atoms with Crippen LogP contribution >= 0.6 is 11.6 Å². The molecule has 0 spiro atoms. The second-order valence-electron chi connectivity index (χ2n) is 7.67. The molecule has 1 aliphatic carbocycles. The van der Waals surface area contributed by atoms with Crippen molar-refractivity contribution in [2.45, 2.75) is 37.9 Å². The number of hydrogen-bond acceptors (Lipinski definition) is 5. The molecule has 1 fully saturated rings. The highest BCUT2D eigenvalue weighted by atomic mass is 35.5. The summed E-state index contributed by atoms with van der Waals surface area (Å²) in [6, 6.07) is 9.28. The average Bonchev–Trinajstić information content (AvgIpc) is 3.35. The molecule has 35 heavy (non-hydrogen) atoms. The molecule has 0 bridgehead atoms. The van der Waals surface area contributed by atoms with Gasteiger partial charge in [0.2, 0.25) is 0 Å².